The molecule has 100 valence electrons. The highest BCUT2D eigenvalue weighted by Crippen LogP contribution is 2.15. The molecule has 0 aliphatic heterocycles. The minimum absolute atomic E-state index is 0.485. The largest absolute Gasteiger partial charge is 0.382 e. The molecule has 0 fully saturated rings. The van der Waals surface area contributed by atoms with Gasteiger partial charge in [0.05, 0.1) is 0 Å². The van der Waals surface area contributed by atoms with E-state index in [4.69, 9.17) is 0 Å². The lowest BCUT2D eigenvalue weighted by atomic mass is 10.1. The number of benzene rings is 2. The quantitative estimate of drug-likeness (QED) is 0.722. The van der Waals surface area contributed by atoms with Crippen LogP contribution in [0.2, 0.25) is 0 Å². The highest BCUT2D eigenvalue weighted by atomic mass is 16.3. The monoisotopic (exact) mass is 264 g/mol. The maximum atomic E-state index is 10.3. The molecule has 0 radical (unpaired) electrons. The Morgan fingerprint density at radius 1 is 0.950 bits per heavy atom. The molecular formula is C18H18NO+. The summed E-state index contributed by atoms with van der Waals surface area (Å²) in [6, 6.07) is 20.2. The Kier molecular flexibility index (Phi) is 3.48. The van der Waals surface area contributed by atoms with E-state index >= 15 is 0 Å². The van der Waals surface area contributed by atoms with E-state index in [1.807, 2.05) is 42.5 Å². The van der Waals surface area contributed by atoms with Crippen molar-refractivity contribution in [2.75, 3.05) is 0 Å². The van der Waals surface area contributed by atoms with Crippen LogP contribution >= 0.6 is 0 Å². The molecule has 0 saturated carbocycles. The Labute approximate surface area is 118 Å². The molecule has 0 spiro atoms. The van der Waals surface area contributed by atoms with E-state index in [1.54, 1.807) is 0 Å². The molecule has 0 saturated heterocycles. The van der Waals surface area contributed by atoms with Gasteiger partial charge < -0.3 is 5.11 Å². The van der Waals surface area contributed by atoms with E-state index in [1.165, 1.54) is 10.8 Å². The van der Waals surface area contributed by atoms with Gasteiger partial charge in [-0.15, -0.1) is 0 Å². The summed E-state index contributed by atoms with van der Waals surface area (Å²) in [7, 11) is 0. The molecule has 0 bridgehead atoms. The Hall–Kier alpha value is -2.19. The summed E-state index contributed by atoms with van der Waals surface area (Å²) >= 11 is 0. The fraction of sp³-hybridized carbons (Fsp3) is 0.167. The predicted molar refractivity (Wildman–Crippen MR) is 80.3 cm³/mol. The molecule has 0 aliphatic rings. The second kappa shape index (κ2) is 5.43. The topological polar surface area (TPSA) is 24.1 Å². The summed E-state index contributed by atoms with van der Waals surface area (Å²) < 4.78 is 2.11. The first-order valence-corrected chi connectivity index (χ1v) is 6.86. The lowest BCUT2D eigenvalue weighted by Crippen LogP contribution is -2.39. The third kappa shape index (κ3) is 2.56. The van der Waals surface area contributed by atoms with Crippen molar-refractivity contribution in [3.63, 3.8) is 0 Å². The van der Waals surface area contributed by atoms with Gasteiger partial charge in [0.15, 0.2) is 18.4 Å². The number of hydrogen-bond acceptors (Lipinski definition) is 1. The average Bonchev–Trinajstić information content (AvgIpc) is 2.49. The Morgan fingerprint density at radius 2 is 1.60 bits per heavy atom. The van der Waals surface area contributed by atoms with E-state index in [0.717, 1.165) is 11.3 Å². The van der Waals surface area contributed by atoms with Gasteiger partial charge in [0.1, 0.15) is 6.10 Å². The highest BCUT2D eigenvalue weighted by Gasteiger charge is 2.16. The number of nitrogens with zero attached hydrogens (tertiary/aromatic N) is 1. The van der Waals surface area contributed by atoms with Crippen molar-refractivity contribution in [3.05, 3.63) is 78.1 Å². The van der Waals surface area contributed by atoms with E-state index < -0.39 is 6.10 Å². The highest BCUT2D eigenvalue weighted by molar-refractivity contribution is 5.80. The first-order valence-electron chi connectivity index (χ1n) is 6.86. The van der Waals surface area contributed by atoms with Crippen molar-refractivity contribution in [3.8, 4) is 0 Å². The van der Waals surface area contributed by atoms with Crippen LogP contribution < -0.4 is 4.57 Å². The molecule has 0 amide bonds. The number of aryl methyl sites for hydroxylation is 1. The minimum Gasteiger partial charge on any atom is -0.382 e. The van der Waals surface area contributed by atoms with Crippen LogP contribution in [0, 0.1) is 6.92 Å². The van der Waals surface area contributed by atoms with Gasteiger partial charge in [-0.25, -0.2) is 0 Å². The zero-order valence-electron chi connectivity index (χ0n) is 11.5. The van der Waals surface area contributed by atoms with Crippen LogP contribution in [0.25, 0.3) is 10.8 Å². The number of hydrogen-bond donors (Lipinski definition) is 1. The zero-order valence-corrected chi connectivity index (χ0v) is 11.5. The van der Waals surface area contributed by atoms with Gasteiger partial charge in [-0.3, -0.25) is 0 Å². The average molecular weight is 264 g/mol. The molecule has 2 nitrogen and oxygen atoms in total. The van der Waals surface area contributed by atoms with Gasteiger partial charge in [-0.05, 0) is 17.0 Å². The van der Waals surface area contributed by atoms with E-state index in [0.29, 0.717) is 6.54 Å². The molecule has 1 N–H and O–H groups in total. The SMILES string of the molecule is Cc1cc2ccccc2c[n+]1C[C@H](O)c1ccccc1. The fourth-order valence-electron chi connectivity index (χ4n) is 2.50. The second-order valence-electron chi connectivity index (χ2n) is 5.12. The Bertz CT molecular complexity index is 722. The Morgan fingerprint density at radius 3 is 2.35 bits per heavy atom. The summed E-state index contributed by atoms with van der Waals surface area (Å²) in [5.41, 5.74) is 2.10. The van der Waals surface area contributed by atoms with Crippen molar-refractivity contribution < 1.29 is 9.67 Å². The molecule has 1 heterocycles. The van der Waals surface area contributed by atoms with Crippen molar-refractivity contribution in [2.24, 2.45) is 0 Å². The van der Waals surface area contributed by atoms with Gasteiger partial charge in [0.25, 0.3) is 0 Å². The van der Waals surface area contributed by atoms with Crippen molar-refractivity contribution in [1.82, 2.24) is 0 Å². The van der Waals surface area contributed by atoms with Crippen LogP contribution in [0.15, 0.2) is 66.9 Å². The van der Waals surface area contributed by atoms with Crippen LogP contribution in [-0.4, -0.2) is 5.11 Å². The summed E-state index contributed by atoms with van der Waals surface area (Å²) in [6.07, 6.45) is 1.62. The summed E-state index contributed by atoms with van der Waals surface area (Å²) in [4.78, 5) is 0. The van der Waals surface area contributed by atoms with E-state index in [2.05, 4.69) is 35.9 Å². The van der Waals surface area contributed by atoms with Crippen molar-refractivity contribution in [1.29, 1.82) is 0 Å². The van der Waals surface area contributed by atoms with E-state index in [9.17, 15) is 5.11 Å². The zero-order chi connectivity index (χ0) is 13.9. The molecule has 0 aliphatic carbocycles. The van der Waals surface area contributed by atoms with Crippen LogP contribution in [0.4, 0.5) is 0 Å². The lowest BCUT2D eigenvalue weighted by Gasteiger charge is -2.09. The summed E-state index contributed by atoms with van der Waals surface area (Å²) in [5.74, 6) is 0. The van der Waals surface area contributed by atoms with Crippen molar-refractivity contribution >= 4 is 10.8 Å². The van der Waals surface area contributed by atoms with Crippen molar-refractivity contribution in [2.45, 2.75) is 19.6 Å². The summed E-state index contributed by atoms with van der Waals surface area (Å²) in [6.45, 7) is 2.64. The minimum atomic E-state index is -0.485. The third-order valence-corrected chi connectivity index (χ3v) is 3.66. The maximum Gasteiger partial charge on any atom is 0.178 e. The molecule has 1 aromatic heterocycles. The smallest absolute Gasteiger partial charge is 0.178 e. The molecule has 3 aromatic rings. The number of rotatable bonds is 3. The maximum absolute atomic E-state index is 10.3. The number of aliphatic hydroxyl groups excluding tert-OH is 1. The molecule has 20 heavy (non-hydrogen) atoms. The van der Waals surface area contributed by atoms with Gasteiger partial charge in [-0.2, -0.15) is 4.57 Å². The first-order chi connectivity index (χ1) is 9.74. The molecule has 3 rings (SSSR count). The van der Waals surface area contributed by atoms with Gasteiger partial charge in [0.2, 0.25) is 0 Å². The number of pyridine rings is 1. The van der Waals surface area contributed by atoms with Gasteiger partial charge in [0, 0.05) is 18.4 Å². The number of aromatic nitrogens is 1. The fourth-order valence-corrected chi connectivity index (χ4v) is 2.50. The Balaban J connectivity index is 1.92. The number of fused-ring (bicyclic) bond motifs is 1. The van der Waals surface area contributed by atoms with Crippen LogP contribution in [-0.2, 0) is 6.54 Å². The van der Waals surface area contributed by atoms with Gasteiger partial charge in [-0.1, -0.05) is 48.5 Å². The normalized spacial score (nSPS) is 12.5. The molecule has 2 aromatic carbocycles. The second-order valence-corrected chi connectivity index (χ2v) is 5.12. The van der Waals surface area contributed by atoms with Gasteiger partial charge >= 0.3 is 0 Å². The molecular weight excluding hydrogens is 246 g/mol. The van der Waals surface area contributed by atoms with E-state index in [-0.39, 0.29) is 0 Å². The van der Waals surface area contributed by atoms with Crippen LogP contribution in [0.3, 0.4) is 0 Å². The standard InChI is InChI=1S/C18H18NO/c1-14-11-16-9-5-6-10-17(16)12-19(14)13-18(20)15-7-3-2-4-8-15/h2-12,18,20H,13H2,1H3/q+1/t18-/m0/s1. The number of aliphatic hydroxyl groups is 1. The molecule has 2 heteroatoms. The molecule has 1 atom stereocenters. The van der Waals surface area contributed by atoms with Crippen LogP contribution in [0.5, 0.6) is 0 Å². The lowest BCUT2D eigenvalue weighted by molar-refractivity contribution is -0.709. The predicted octanol–water partition coefficient (Wildman–Crippen LogP) is 3.17. The third-order valence-electron chi connectivity index (χ3n) is 3.66. The summed E-state index contributed by atoms with van der Waals surface area (Å²) in [5, 5.41) is 12.8. The first kappa shape index (κ1) is 12.8. The molecule has 0 unspecified atom stereocenters. The van der Waals surface area contributed by atoms with Crippen LogP contribution in [0.1, 0.15) is 17.4 Å².